The second-order valence-corrected chi connectivity index (χ2v) is 16.3. The molecule has 1 aromatic heterocycles. The Bertz CT molecular complexity index is 3570. The third-order valence-corrected chi connectivity index (χ3v) is 13.0. The average Bonchev–Trinajstić information content (AvgIpc) is 3.69. The SMILES string of the molecule is c1ccc2cc(-c3c4ccccc4c(-c4ccc5oc6ccc(-c7c8ccccc8c(-c8ccc9ccccc9c8)c8ccccc78)cc6c5c4)c4ccccc34)ccc2c1. The molecule has 282 valence electrons. The highest BCUT2D eigenvalue weighted by Crippen LogP contribution is 2.47. The van der Waals surface area contributed by atoms with Gasteiger partial charge in [-0.1, -0.05) is 182 Å². The van der Waals surface area contributed by atoms with E-state index in [2.05, 4.69) is 218 Å². The van der Waals surface area contributed by atoms with Crippen molar-refractivity contribution in [2.24, 2.45) is 0 Å². The van der Waals surface area contributed by atoms with Gasteiger partial charge in [0.1, 0.15) is 11.2 Å². The molecule has 0 saturated heterocycles. The minimum absolute atomic E-state index is 0.888. The third kappa shape index (κ3) is 5.21. The van der Waals surface area contributed by atoms with Gasteiger partial charge < -0.3 is 4.42 Å². The molecule has 13 aromatic rings. The molecule has 1 heteroatoms. The molecule has 0 unspecified atom stereocenters. The number of benzene rings is 12. The van der Waals surface area contributed by atoms with E-state index in [0.29, 0.717) is 0 Å². The molecule has 0 aliphatic heterocycles. The zero-order valence-electron chi connectivity index (χ0n) is 33.2. The number of fused-ring (bicyclic) bond motifs is 9. The standard InChI is InChI=1S/C60H36O/c1-3-15-39-33-41(27-25-37(39)13-1)57-45-17-5-9-21-49(45)59(50-22-10-6-18-46(50)57)43-29-31-55-53(35-43)54-36-44(30-32-56(54)61-55)60-51-23-11-7-19-47(51)58(48-20-8-12-24-52(48)60)42-28-26-38-14-2-4-16-40(38)34-42/h1-36H. The fourth-order valence-corrected chi connectivity index (χ4v) is 10.3. The number of rotatable bonds is 4. The first-order valence-electron chi connectivity index (χ1n) is 21.1. The van der Waals surface area contributed by atoms with Crippen LogP contribution in [-0.2, 0) is 0 Å². The van der Waals surface area contributed by atoms with E-state index in [1.54, 1.807) is 0 Å². The second-order valence-electron chi connectivity index (χ2n) is 16.3. The summed E-state index contributed by atoms with van der Waals surface area (Å²) in [6.45, 7) is 0. The second kappa shape index (κ2) is 13.3. The molecule has 12 aromatic carbocycles. The van der Waals surface area contributed by atoms with Crippen LogP contribution in [0.15, 0.2) is 223 Å². The Kier molecular flexibility index (Phi) is 7.37. The predicted molar refractivity (Wildman–Crippen MR) is 260 cm³/mol. The smallest absolute Gasteiger partial charge is 0.135 e. The first kappa shape index (κ1) is 33.9. The molecule has 0 bridgehead atoms. The van der Waals surface area contributed by atoms with Gasteiger partial charge in [0.2, 0.25) is 0 Å². The zero-order valence-corrected chi connectivity index (χ0v) is 33.2. The summed E-state index contributed by atoms with van der Waals surface area (Å²) in [7, 11) is 0. The van der Waals surface area contributed by atoms with Crippen LogP contribution in [0.25, 0.3) is 131 Å². The zero-order chi connectivity index (χ0) is 40.0. The van der Waals surface area contributed by atoms with Gasteiger partial charge in [0.15, 0.2) is 0 Å². The van der Waals surface area contributed by atoms with E-state index in [1.165, 1.54) is 109 Å². The van der Waals surface area contributed by atoms with Crippen molar-refractivity contribution >= 4 is 86.6 Å². The maximum Gasteiger partial charge on any atom is 0.135 e. The van der Waals surface area contributed by atoms with Gasteiger partial charge in [0.25, 0.3) is 0 Å². The largest absolute Gasteiger partial charge is 0.456 e. The topological polar surface area (TPSA) is 13.1 Å². The summed E-state index contributed by atoms with van der Waals surface area (Å²) in [4.78, 5) is 0. The molecule has 61 heavy (non-hydrogen) atoms. The van der Waals surface area contributed by atoms with E-state index < -0.39 is 0 Å². The molecule has 0 N–H and O–H groups in total. The molecule has 0 saturated carbocycles. The van der Waals surface area contributed by atoms with Gasteiger partial charge in [0.05, 0.1) is 0 Å². The molecule has 0 amide bonds. The van der Waals surface area contributed by atoms with Crippen LogP contribution in [0.5, 0.6) is 0 Å². The maximum atomic E-state index is 6.61. The molecule has 0 aliphatic rings. The lowest BCUT2D eigenvalue weighted by Crippen LogP contribution is -1.91. The molecule has 0 spiro atoms. The predicted octanol–water partition coefficient (Wildman–Crippen LogP) is 17.2. The fourth-order valence-electron chi connectivity index (χ4n) is 10.3. The molecular weight excluding hydrogens is 737 g/mol. The quantitative estimate of drug-likeness (QED) is 0.162. The van der Waals surface area contributed by atoms with Crippen LogP contribution < -0.4 is 0 Å². The fraction of sp³-hybridized carbons (Fsp3) is 0. The number of furan rings is 1. The van der Waals surface area contributed by atoms with Gasteiger partial charge in [0, 0.05) is 10.8 Å². The van der Waals surface area contributed by atoms with Crippen LogP contribution in [0.1, 0.15) is 0 Å². The highest BCUT2D eigenvalue weighted by molar-refractivity contribution is 6.24. The van der Waals surface area contributed by atoms with Crippen LogP contribution >= 0.6 is 0 Å². The van der Waals surface area contributed by atoms with Crippen LogP contribution in [0.4, 0.5) is 0 Å². The highest BCUT2D eigenvalue weighted by atomic mass is 16.3. The number of hydrogen-bond acceptors (Lipinski definition) is 1. The van der Waals surface area contributed by atoms with E-state index in [9.17, 15) is 0 Å². The molecule has 0 radical (unpaired) electrons. The minimum atomic E-state index is 0.888. The van der Waals surface area contributed by atoms with Crippen molar-refractivity contribution in [3.05, 3.63) is 218 Å². The van der Waals surface area contributed by atoms with Crippen molar-refractivity contribution in [3.63, 3.8) is 0 Å². The summed E-state index contributed by atoms with van der Waals surface area (Å²) in [6, 6.07) is 80.1. The van der Waals surface area contributed by atoms with E-state index in [0.717, 1.165) is 21.9 Å². The molecule has 0 aliphatic carbocycles. The summed E-state index contributed by atoms with van der Waals surface area (Å²) >= 11 is 0. The minimum Gasteiger partial charge on any atom is -0.456 e. The highest BCUT2D eigenvalue weighted by Gasteiger charge is 2.20. The Morgan fingerprint density at radius 1 is 0.197 bits per heavy atom. The van der Waals surface area contributed by atoms with Gasteiger partial charge in [-0.05, 0) is 146 Å². The third-order valence-electron chi connectivity index (χ3n) is 13.0. The van der Waals surface area contributed by atoms with Gasteiger partial charge >= 0.3 is 0 Å². The molecule has 1 heterocycles. The Balaban J connectivity index is 1.03. The monoisotopic (exact) mass is 772 g/mol. The van der Waals surface area contributed by atoms with Crippen molar-refractivity contribution in [1.29, 1.82) is 0 Å². The van der Waals surface area contributed by atoms with Crippen molar-refractivity contribution < 1.29 is 4.42 Å². The van der Waals surface area contributed by atoms with Crippen LogP contribution in [-0.4, -0.2) is 0 Å². The van der Waals surface area contributed by atoms with E-state index in [4.69, 9.17) is 4.42 Å². The Morgan fingerprint density at radius 3 is 0.787 bits per heavy atom. The van der Waals surface area contributed by atoms with Crippen molar-refractivity contribution in [3.8, 4) is 44.5 Å². The van der Waals surface area contributed by atoms with Crippen LogP contribution in [0.3, 0.4) is 0 Å². The lowest BCUT2D eigenvalue weighted by molar-refractivity contribution is 0.669. The summed E-state index contributed by atoms with van der Waals surface area (Å²) in [5, 5.41) is 17.2. The lowest BCUT2D eigenvalue weighted by atomic mass is 9.85. The summed E-state index contributed by atoms with van der Waals surface area (Å²) < 4.78 is 6.61. The summed E-state index contributed by atoms with van der Waals surface area (Å²) in [5.74, 6) is 0. The first-order valence-corrected chi connectivity index (χ1v) is 21.1. The van der Waals surface area contributed by atoms with Crippen molar-refractivity contribution in [2.75, 3.05) is 0 Å². The van der Waals surface area contributed by atoms with Gasteiger partial charge in [-0.25, -0.2) is 0 Å². The van der Waals surface area contributed by atoms with Crippen molar-refractivity contribution in [2.45, 2.75) is 0 Å². The molecule has 13 rings (SSSR count). The first-order chi connectivity index (χ1) is 30.2. The normalized spacial score (nSPS) is 11.9. The average molecular weight is 773 g/mol. The molecule has 0 atom stereocenters. The lowest BCUT2D eigenvalue weighted by Gasteiger charge is -2.18. The van der Waals surface area contributed by atoms with E-state index >= 15 is 0 Å². The maximum absolute atomic E-state index is 6.61. The van der Waals surface area contributed by atoms with E-state index in [1.807, 2.05) is 0 Å². The number of hydrogen-bond donors (Lipinski definition) is 0. The Labute approximate surface area is 352 Å². The summed E-state index contributed by atoms with van der Waals surface area (Å²) in [6.07, 6.45) is 0. The van der Waals surface area contributed by atoms with Crippen LogP contribution in [0, 0.1) is 0 Å². The van der Waals surface area contributed by atoms with Gasteiger partial charge in [-0.15, -0.1) is 0 Å². The van der Waals surface area contributed by atoms with Gasteiger partial charge in [-0.2, -0.15) is 0 Å². The Morgan fingerprint density at radius 2 is 0.459 bits per heavy atom. The molecule has 1 nitrogen and oxygen atoms in total. The molecular formula is C60H36O. The van der Waals surface area contributed by atoms with Crippen LogP contribution in [0.2, 0.25) is 0 Å². The Hall–Kier alpha value is -8.00. The van der Waals surface area contributed by atoms with E-state index in [-0.39, 0.29) is 0 Å². The summed E-state index contributed by atoms with van der Waals surface area (Å²) in [5.41, 5.74) is 11.6. The van der Waals surface area contributed by atoms with Gasteiger partial charge in [-0.3, -0.25) is 0 Å². The van der Waals surface area contributed by atoms with Crippen molar-refractivity contribution in [1.82, 2.24) is 0 Å². The molecule has 0 fully saturated rings.